The highest BCUT2D eigenvalue weighted by atomic mass is 32.1. The Bertz CT molecular complexity index is 1220. The Kier molecular flexibility index (Phi) is 4.07. The van der Waals surface area contributed by atoms with Crippen molar-refractivity contribution in [1.82, 2.24) is 18.9 Å². The minimum atomic E-state index is -0.321. The average molecular weight is 392 g/mol. The van der Waals surface area contributed by atoms with Crippen molar-refractivity contribution in [3.8, 4) is 17.0 Å². The smallest absolute Gasteiger partial charge is 0.223 e. The molecule has 0 spiro atoms. The van der Waals surface area contributed by atoms with Crippen molar-refractivity contribution in [2.75, 3.05) is 6.54 Å². The zero-order valence-electron chi connectivity index (χ0n) is 15.5. The first-order valence-electron chi connectivity index (χ1n) is 9.24. The molecular formula is C21H20N4O2S. The molecule has 0 saturated carbocycles. The highest BCUT2D eigenvalue weighted by Gasteiger charge is 2.21. The Labute approximate surface area is 165 Å². The number of benzene rings is 1. The lowest BCUT2D eigenvalue weighted by Gasteiger charge is -2.30. The van der Waals surface area contributed by atoms with Crippen molar-refractivity contribution in [2.45, 2.75) is 26.6 Å². The van der Waals surface area contributed by atoms with Crippen LogP contribution in [0.1, 0.15) is 17.0 Å². The first-order valence-corrected chi connectivity index (χ1v) is 10.1. The molecule has 4 aromatic rings. The first kappa shape index (κ1) is 17.2. The summed E-state index contributed by atoms with van der Waals surface area (Å²) in [7, 11) is 0. The standard InChI is InChI=1S/C21H20N4O2S/c1-14-2-4-15(5-3-14)20-17(25-8-9-28-21(25)22-20)12-23-6-7-24-13-19(27)18(26)10-16(24)11-23/h2-5,8-10,13,27H,6-7,11-12H2,1H3. The number of imidazole rings is 1. The molecule has 1 aliphatic heterocycles. The Morgan fingerprint density at radius 2 is 2.04 bits per heavy atom. The molecule has 0 aliphatic carbocycles. The van der Waals surface area contributed by atoms with Crippen LogP contribution in [0.15, 0.2) is 52.9 Å². The molecule has 3 aromatic heterocycles. The number of fused-ring (bicyclic) bond motifs is 2. The van der Waals surface area contributed by atoms with Gasteiger partial charge in [0.15, 0.2) is 10.7 Å². The minimum Gasteiger partial charge on any atom is -0.503 e. The number of pyridine rings is 1. The highest BCUT2D eigenvalue weighted by molar-refractivity contribution is 7.15. The summed E-state index contributed by atoms with van der Waals surface area (Å²) in [6, 6.07) is 10.0. The van der Waals surface area contributed by atoms with E-state index in [1.165, 1.54) is 5.56 Å². The average Bonchev–Trinajstić information content (AvgIpc) is 3.26. The lowest BCUT2D eigenvalue weighted by molar-refractivity contribution is 0.207. The lowest BCUT2D eigenvalue weighted by Crippen LogP contribution is -2.35. The molecule has 0 fully saturated rings. The van der Waals surface area contributed by atoms with Crippen molar-refractivity contribution in [2.24, 2.45) is 0 Å². The van der Waals surface area contributed by atoms with E-state index in [0.717, 1.165) is 47.2 Å². The molecule has 7 heteroatoms. The van der Waals surface area contributed by atoms with Crippen molar-refractivity contribution in [1.29, 1.82) is 0 Å². The monoisotopic (exact) mass is 392 g/mol. The number of rotatable bonds is 3. The fourth-order valence-electron chi connectivity index (χ4n) is 3.78. The van der Waals surface area contributed by atoms with Gasteiger partial charge >= 0.3 is 0 Å². The molecule has 4 heterocycles. The summed E-state index contributed by atoms with van der Waals surface area (Å²) >= 11 is 1.63. The molecule has 1 aliphatic rings. The summed E-state index contributed by atoms with van der Waals surface area (Å²) in [5.74, 6) is -0.186. The summed E-state index contributed by atoms with van der Waals surface area (Å²) in [5.41, 5.74) is 5.13. The molecule has 1 aromatic carbocycles. The molecule has 0 bridgehead atoms. The van der Waals surface area contributed by atoms with Crippen LogP contribution < -0.4 is 5.43 Å². The second kappa shape index (κ2) is 6.61. The van der Waals surface area contributed by atoms with Gasteiger partial charge in [-0.2, -0.15) is 0 Å². The van der Waals surface area contributed by atoms with Gasteiger partial charge in [-0.15, -0.1) is 11.3 Å². The van der Waals surface area contributed by atoms with E-state index in [4.69, 9.17) is 4.98 Å². The van der Waals surface area contributed by atoms with Crippen molar-refractivity contribution in [3.05, 3.63) is 75.3 Å². The molecule has 0 atom stereocenters. The third-order valence-corrected chi connectivity index (χ3v) is 6.06. The molecule has 0 unspecified atom stereocenters. The van der Waals surface area contributed by atoms with Crippen LogP contribution >= 0.6 is 11.3 Å². The Hall–Kier alpha value is -2.90. The van der Waals surface area contributed by atoms with Gasteiger partial charge < -0.3 is 9.67 Å². The van der Waals surface area contributed by atoms with E-state index in [2.05, 4.69) is 52.1 Å². The van der Waals surface area contributed by atoms with Crippen LogP contribution in [0.25, 0.3) is 16.2 Å². The van der Waals surface area contributed by atoms with E-state index < -0.39 is 0 Å². The molecule has 0 saturated heterocycles. The number of hydrogen-bond donors (Lipinski definition) is 1. The third kappa shape index (κ3) is 2.93. The van der Waals surface area contributed by atoms with E-state index in [1.807, 2.05) is 4.57 Å². The topological polar surface area (TPSA) is 62.8 Å². The predicted molar refractivity (Wildman–Crippen MR) is 110 cm³/mol. The van der Waals surface area contributed by atoms with E-state index in [1.54, 1.807) is 23.6 Å². The summed E-state index contributed by atoms with van der Waals surface area (Å²) in [6.45, 7) is 5.09. The zero-order chi connectivity index (χ0) is 19.3. The Morgan fingerprint density at radius 3 is 2.86 bits per heavy atom. The molecular weight excluding hydrogens is 372 g/mol. The van der Waals surface area contributed by atoms with Gasteiger partial charge in [-0.25, -0.2) is 4.98 Å². The summed E-state index contributed by atoms with van der Waals surface area (Å²) in [5, 5.41) is 11.7. The molecule has 0 amide bonds. The third-order valence-electron chi connectivity index (χ3n) is 5.30. The number of aryl methyl sites for hydroxylation is 1. The Balaban J connectivity index is 1.50. The number of aromatic nitrogens is 3. The van der Waals surface area contributed by atoms with E-state index in [0.29, 0.717) is 6.54 Å². The van der Waals surface area contributed by atoms with Gasteiger partial charge in [-0.05, 0) is 6.92 Å². The van der Waals surface area contributed by atoms with Crippen LogP contribution in [0.2, 0.25) is 0 Å². The van der Waals surface area contributed by atoms with Gasteiger partial charge in [0.05, 0.1) is 17.6 Å². The molecule has 5 rings (SSSR count). The highest BCUT2D eigenvalue weighted by Crippen LogP contribution is 2.29. The van der Waals surface area contributed by atoms with Gasteiger partial charge in [0.25, 0.3) is 0 Å². The minimum absolute atomic E-state index is 0.186. The largest absolute Gasteiger partial charge is 0.503 e. The summed E-state index contributed by atoms with van der Waals surface area (Å²) in [6.07, 6.45) is 3.61. The maximum atomic E-state index is 11.8. The van der Waals surface area contributed by atoms with Crippen LogP contribution in [0.5, 0.6) is 5.75 Å². The van der Waals surface area contributed by atoms with E-state index >= 15 is 0 Å². The number of aromatic hydroxyl groups is 1. The van der Waals surface area contributed by atoms with Gasteiger partial charge in [0.1, 0.15) is 0 Å². The van der Waals surface area contributed by atoms with Crippen molar-refractivity contribution in [3.63, 3.8) is 0 Å². The molecule has 28 heavy (non-hydrogen) atoms. The molecule has 0 radical (unpaired) electrons. The maximum Gasteiger partial charge on any atom is 0.223 e. The normalized spacial score (nSPS) is 14.5. The van der Waals surface area contributed by atoms with Crippen molar-refractivity contribution < 1.29 is 5.11 Å². The maximum absolute atomic E-state index is 11.8. The summed E-state index contributed by atoms with van der Waals surface area (Å²) < 4.78 is 4.13. The lowest BCUT2D eigenvalue weighted by atomic mass is 10.1. The fourth-order valence-corrected chi connectivity index (χ4v) is 4.51. The predicted octanol–water partition coefficient (Wildman–Crippen LogP) is 3.25. The van der Waals surface area contributed by atoms with Crippen LogP contribution in [-0.2, 0) is 19.6 Å². The zero-order valence-corrected chi connectivity index (χ0v) is 16.3. The molecule has 1 N–H and O–H groups in total. The van der Waals surface area contributed by atoms with Gasteiger partial charge in [-0.1, -0.05) is 29.8 Å². The SMILES string of the molecule is Cc1ccc(-c2nc3sccn3c2CN2CCn3cc(O)c(=O)cc3C2)cc1. The molecule has 142 valence electrons. The van der Waals surface area contributed by atoms with Crippen LogP contribution in [-0.4, -0.2) is 30.5 Å². The Morgan fingerprint density at radius 1 is 1.21 bits per heavy atom. The number of hydrogen-bond acceptors (Lipinski definition) is 5. The number of thiazole rings is 1. The van der Waals surface area contributed by atoms with E-state index in [9.17, 15) is 9.90 Å². The van der Waals surface area contributed by atoms with Crippen molar-refractivity contribution >= 4 is 16.3 Å². The van der Waals surface area contributed by atoms with Gasteiger partial charge in [0, 0.05) is 55.1 Å². The quantitative estimate of drug-likeness (QED) is 0.581. The summed E-state index contributed by atoms with van der Waals surface area (Å²) in [4.78, 5) is 20.0. The fraction of sp³-hybridized carbons (Fsp3) is 0.238. The first-order chi connectivity index (χ1) is 13.6. The second-order valence-electron chi connectivity index (χ2n) is 7.25. The molecule has 6 nitrogen and oxygen atoms in total. The van der Waals surface area contributed by atoms with Crippen LogP contribution in [0.3, 0.4) is 0 Å². The van der Waals surface area contributed by atoms with E-state index in [-0.39, 0.29) is 11.2 Å². The number of nitrogens with zero attached hydrogens (tertiary/aromatic N) is 4. The van der Waals surface area contributed by atoms with Crippen LogP contribution in [0.4, 0.5) is 0 Å². The second-order valence-corrected chi connectivity index (χ2v) is 8.12. The van der Waals surface area contributed by atoms with Gasteiger partial charge in [0.2, 0.25) is 5.43 Å². The van der Waals surface area contributed by atoms with Crippen LogP contribution in [0, 0.1) is 6.92 Å². The van der Waals surface area contributed by atoms with Gasteiger partial charge in [-0.3, -0.25) is 14.1 Å².